The zero-order valence-electron chi connectivity index (χ0n) is 12.3. The number of allylic oxidation sites excluding steroid dienone is 1. The molecule has 1 aromatic rings. The van der Waals surface area contributed by atoms with Crippen LogP contribution in [-0.4, -0.2) is 0 Å². The van der Waals surface area contributed by atoms with Crippen LogP contribution in [0.25, 0.3) is 4.91 Å². The van der Waals surface area contributed by atoms with E-state index in [0.29, 0.717) is 0 Å². The van der Waals surface area contributed by atoms with Crippen LogP contribution in [0, 0.1) is 12.7 Å². The highest BCUT2D eigenvalue weighted by Crippen LogP contribution is 2.31. The molecule has 0 atom stereocenters. The first-order chi connectivity index (χ1) is 8.97. The molecule has 0 aliphatic rings. The van der Waals surface area contributed by atoms with E-state index in [4.69, 9.17) is 0 Å². The Morgan fingerprint density at radius 1 is 1.42 bits per heavy atom. The van der Waals surface area contributed by atoms with Gasteiger partial charge >= 0.3 is 0 Å². The van der Waals surface area contributed by atoms with E-state index in [9.17, 15) is 4.39 Å². The maximum absolute atomic E-state index is 14.1. The van der Waals surface area contributed by atoms with E-state index in [2.05, 4.69) is 19.6 Å². The van der Waals surface area contributed by atoms with Crippen molar-refractivity contribution < 1.29 is 4.39 Å². The minimum Gasteiger partial charge on any atom is -0.207 e. The second kappa shape index (κ2) is 7.54. The molecule has 0 amide bonds. The number of hydrogen-bond donors (Lipinski definition) is 0. The fourth-order valence-corrected chi connectivity index (χ4v) is 2.73. The molecule has 0 aliphatic carbocycles. The molecule has 0 saturated heterocycles. The Balaban J connectivity index is 2.88. The Labute approximate surface area is 120 Å². The lowest BCUT2D eigenvalue weighted by Gasteiger charge is -2.13. The maximum atomic E-state index is 14.1. The fourth-order valence-electron chi connectivity index (χ4n) is 2.08. The van der Waals surface area contributed by atoms with Crippen LogP contribution in [0.1, 0.15) is 56.2 Å². The van der Waals surface area contributed by atoms with Gasteiger partial charge in [0.2, 0.25) is 0 Å². The van der Waals surface area contributed by atoms with Crippen molar-refractivity contribution in [2.75, 3.05) is 0 Å². The number of aryl methyl sites for hydroxylation is 1. The SMILES string of the molecule is C=C(S/C=C\CCC)c1cc(C)c(C(C)C)c(F)c1. The van der Waals surface area contributed by atoms with Crippen LogP contribution < -0.4 is 0 Å². The van der Waals surface area contributed by atoms with Crippen molar-refractivity contribution in [3.8, 4) is 0 Å². The Bertz CT molecular complexity index is 449. The molecule has 0 spiro atoms. The molecule has 0 bridgehead atoms. The van der Waals surface area contributed by atoms with Crippen molar-refractivity contribution in [3.63, 3.8) is 0 Å². The summed E-state index contributed by atoms with van der Waals surface area (Å²) >= 11 is 1.56. The first kappa shape index (κ1) is 16.0. The third kappa shape index (κ3) is 4.54. The summed E-state index contributed by atoms with van der Waals surface area (Å²) < 4.78 is 14.1. The molecule has 0 aromatic heterocycles. The van der Waals surface area contributed by atoms with E-state index in [1.807, 2.05) is 32.2 Å². The normalized spacial score (nSPS) is 11.5. The number of unbranched alkanes of at least 4 members (excludes halogenated alkanes) is 1. The lowest BCUT2D eigenvalue weighted by molar-refractivity contribution is 0.595. The average Bonchev–Trinajstić information content (AvgIpc) is 2.33. The van der Waals surface area contributed by atoms with Gasteiger partial charge < -0.3 is 0 Å². The molecular weight excluding hydrogens is 255 g/mol. The Morgan fingerprint density at radius 2 is 2.11 bits per heavy atom. The van der Waals surface area contributed by atoms with Gasteiger partial charge in [-0.05, 0) is 47.4 Å². The summed E-state index contributed by atoms with van der Waals surface area (Å²) in [5, 5.41) is 2.04. The summed E-state index contributed by atoms with van der Waals surface area (Å²) in [7, 11) is 0. The second-order valence-corrected chi connectivity index (χ2v) is 6.05. The minimum absolute atomic E-state index is 0.121. The molecule has 0 radical (unpaired) electrons. The Hall–Kier alpha value is -1.02. The number of thioether (sulfide) groups is 1. The van der Waals surface area contributed by atoms with Crippen LogP contribution in [-0.2, 0) is 0 Å². The largest absolute Gasteiger partial charge is 0.207 e. The van der Waals surface area contributed by atoms with E-state index < -0.39 is 0 Å². The molecule has 0 fully saturated rings. The Kier molecular flexibility index (Phi) is 6.36. The van der Waals surface area contributed by atoms with Crippen LogP contribution in [0.5, 0.6) is 0 Å². The highest BCUT2D eigenvalue weighted by molar-refractivity contribution is 8.10. The maximum Gasteiger partial charge on any atom is 0.127 e. The lowest BCUT2D eigenvalue weighted by atomic mass is 9.95. The standard InChI is InChI=1S/C17H23FS/c1-6-7-8-9-19-14(5)15-10-13(4)17(12(2)3)16(18)11-15/h8-12H,5-7H2,1-4H3/b9-8-. The molecule has 0 aliphatic heterocycles. The summed E-state index contributed by atoms with van der Waals surface area (Å²) in [6.45, 7) is 12.2. The smallest absolute Gasteiger partial charge is 0.127 e. The molecule has 1 rings (SSSR count). The van der Waals surface area contributed by atoms with Crippen molar-refractivity contribution in [1.29, 1.82) is 0 Å². The fraction of sp³-hybridized carbons (Fsp3) is 0.412. The van der Waals surface area contributed by atoms with E-state index in [0.717, 1.165) is 34.4 Å². The number of benzene rings is 1. The van der Waals surface area contributed by atoms with Crippen LogP contribution in [0.3, 0.4) is 0 Å². The van der Waals surface area contributed by atoms with Gasteiger partial charge in [-0.1, -0.05) is 57.7 Å². The number of halogens is 1. The number of hydrogen-bond acceptors (Lipinski definition) is 1. The Morgan fingerprint density at radius 3 is 2.63 bits per heavy atom. The molecule has 104 valence electrons. The summed E-state index contributed by atoms with van der Waals surface area (Å²) in [6, 6.07) is 3.63. The van der Waals surface area contributed by atoms with Crippen LogP contribution >= 0.6 is 11.8 Å². The van der Waals surface area contributed by atoms with Gasteiger partial charge in [0.05, 0.1) is 0 Å². The van der Waals surface area contributed by atoms with Crippen molar-refractivity contribution >= 4 is 16.7 Å². The molecule has 0 nitrogen and oxygen atoms in total. The van der Waals surface area contributed by atoms with Gasteiger partial charge in [0.1, 0.15) is 5.82 Å². The van der Waals surface area contributed by atoms with Crippen LogP contribution in [0.4, 0.5) is 4.39 Å². The van der Waals surface area contributed by atoms with Gasteiger partial charge in [-0.15, -0.1) is 0 Å². The molecule has 19 heavy (non-hydrogen) atoms. The predicted molar refractivity (Wildman–Crippen MR) is 85.9 cm³/mol. The predicted octanol–water partition coefficient (Wildman–Crippen LogP) is 6.28. The van der Waals surface area contributed by atoms with Crippen molar-refractivity contribution in [3.05, 3.63) is 52.7 Å². The van der Waals surface area contributed by atoms with Gasteiger partial charge in [-0.3, -0.25) is 0 Å². The van der Waals surface area contributed by atoms with E-state index >= 15 is 0 Å². The second-order valence-electron chi connectivity index (χ2n) is 5.04. The first-order valence-electron chi connectivity index (χ1n) is 6.78. The monoisotopic (exact) mass is 278 g/mol. The van der Waals surface area contributed by atoms with Crippen LogP contribution in [0.2, 0.25) is 0 Å². The summed E-state index contributed by atoms with van der Waals surface area (Å²) in [5.41, 5.74) is 2.69. The van der Waals surface area contributed by atoms with Gasteiger partial charge in [0.25, 0.3) is 0 Å². The summed E-state index contributed by atoms with van der Waals surface area (Å²) in [6.07, 6.45) is 4.34. The quantitative estimate of drug-likeness (QED) is 0.590. The van der Waals surface area contributed by atoms with Crippen molar-refractivity contribution in [2.24, 2.45) is 0 Å². The first-order valence-corrected chi connectivity index (χ1v) is 7.66. The minimum atomic E-state index is -0.121. The molecule has 0 N–H and O–H groups in total. The molecule has 1 aromatic carbocycles. The zero-order valence-corrected chi connectivity index (χ0v) is 13.1. The van der Waals surface area contributed by atoms with Crippen molar-refractivity contribution in [2.45, 2.75) is 46.5 Å². The molecular formula is C17H23FS. The van der Waals surface area contributed by atoms with Gasteiger partial charge in [-0.2, -0.15) is 0 Å². The van der Waals surface area contributed by atoms with Gasteiger partial charge in [0, 0.05) is 4.91 Å². The lowest BCUT2D eigenvalue weighted by Crippen LogP contribution is -1.98. The third-order valence-corrected chi connectivity index (χ3v) is 3.85. The zero-order chi connectivity index (χ0) is 14.4. The van der Waals surface area contributed by atoms with E-state index in [1.54, 1.807) is 17.8 Å². The van der Waals surface area contributed by atoms with E-state index in [1.165, 1.54) is 0 Å². The summed E-state index contributed by atoms with van der Waals surface area (Å²) in [5.74, 6) is 0.0868. The molecule has 0 unspecified atom stereocenters. The van der Waals surface area contributed by atoms with Gasteiger partial charge in [-0.25, -0.2) is 4.39 Å². The molecule has 0 saturated carbocycles. The highest BCUT2D eigenvalue weighted by atomic mass is 32.2. The van der Waals surface area contributed by atoms with Gasteiger partial charge in [0.15, 0.2) is 0 Å². The topological polar surface area (TPSA) is 0 Å². The number of rotatable bonds is 6. The third-order valence-electron chi connectivity index (χ3n) is 3.00. The molecule has 0 heterocycles. The average molecular weight is 278 g/mol. The molecule has 2 heteroatoms. The highest BCUT2D eigenvalue weighted by Gasteiger charge is 2.12. The summed E-state index contributed by atoms with van der Waals surface area (Å²) in [4.78, 5) is 0.893. The van der Waals surface area contributed by atoms with Crippen molar-refractivity contribution in [1.82, 2.24) is 0 Å². The van der Waals surface area contributed by atoms with E-state index in [-0.39, 0.29) is 11.7 Å². The van der Waals surface area contributed by atoms with Crippen LogP contribution in [0.15, 0.2) is 30.2 Å².